The van der Waals surface area contributed by atoms with Crippen LogP contribution in [0.1, 0.15) is 25.0 Å². The van der Waals surface area contributed by atoms with Gasteiger partial charge in [0.05, 0.1) is 0 Å². The van der Waals surface area contributed by atoms with Gasteiger partial charge in [0.25, 0.3) is 0 Å². The highest BCUT2D eigenvalue weighted by atomic mass is 35.5. The van der Waals surface area contributed by atoms with Gasteiger partial charge in [-0.1, -0.05) is 91.3 Å². The highest BCUT2D eigenvalue weighted by molar-refractivity contribution is 6.27. The summed E-state index contributed by atoms with van der Waals surface area (Å²) < 4.78 is 0. The maximum absolute atomic E-state index is 5.36. The number of rotatable bonds is 2. The summed E-state index contributed by atoms with van der Waals surface area (Å²) in [5, 5.41) is 0. The lowest BCUT2D eigenvalue weighted by Crippen LogP contribution is -1.65. The average Bonchev–Trinajstić information content (AvgIpc) is 2.52. The van der Waals surface area contributed by atoms with Crippen molar-refractivity contribution in [2.75, 3.05) is 5.88 Å². The minimum absolute atomic E-state index is 0.722. The molecule has 0 atom stereocenters. The predicted octanol–water partition coefficient (Wildman–Crippen LogP) is 6.86. The van der Waals surface area contributed by atoms with Gasteiger partial charge in [-0.25, -0.2) is 0 Å². The first kappa shape index (κ1) is 19.5. The van der Waals surface area contributed by atoms with E-state index < -0.39 is 0 Å². The Morgan fingerprint density at radius 2 is 1.19 bits per heavy atom. The third-order valence-electron chi connectivity index (χ3n) is 2.21. The lowest BCUT2D eigenvalue weighted by Gasteiger charge is -1.86. The van der Waals surface area contributed by atoms with Gasteiger partial charge in [-0.2, -0.15) is 0 Å². The summed E-state index contributed by atoms with van der Waals surface area (Å²) in [7, 11) is 0. The number of hydrogen-bond donors (Lipinski definition) is 0. The molecule has 0 spiro atoms. The summed E-state index contributed by atoms with van der Waals surface area (Å²) in [5.41, 5.74) is 3.91. The lowest BCUT2D eigenvalue weighted by molar-refractivity contribution is 1.51. The normalized spacial score (nSPS) is 9.71. The molecule has 0 saturated heterocycles. The largest absolute Gasteiger partial charge is 0.127 e. The fraction of sp³-hybridized carbons (Fsp3) is 0.158. The van der Waals surface area contributed by atoms with E-state index in [1.54, 1.807) is 0 Å². The molecule has 0 aromatic heterocycles. The Morgan fingerprint density at radius 3 is 1.52 bits per heavy atom. The van der Waals surface area contributed by atoms with Crippen molar-refractivity contribution in [3.05, 3.63) is 83.4 Å². The van der Waals surface area contributed by atoms with Crippen LogP contribution in [0.3, 0.4) is 0 Å². The average molecular weight is 321 g/mol. The van der Waals surface area contributed by atoms with Crippen LogP contribution in [0.2, 0.25) is 0 Å². The van der Waals surface area contributed by atoms with Gasteiger partial charge in [-0.3, -0.25) is 0 Å². The summed E-state index contributed by atoms with van der Waals surface area (Å²) in [6.45, 7) is 3.91. The third kappa shape index (κ3) is 12.0. The molecule has 21 heavy (non-hydrogen) atoms. The van der Waals surface area contributed by atoms with E-state index in [0.29, 0.717) is 0 Å². The van der Waals surface area contributed by atoms with Crippen LogP contribution >= 0.6 is 23.2 Å². The van der Waals surface area contributed by atoms with Crippen molar-refractivity contribution < 1.29 is 0 Å². The second kappa shape index (κ2) is 14.9. The first-order valence-electron chi connectivity index (χ1n) is 6.84. The fourth-order valence-corrected chi connectivity index (χ4v) is 1.54. The van der Waals surface area contributed by atoms with E-state index in [1.807, 2.05) is 74.5 Å². The number of allylic oxidation sites excluding steroid dienone is 1. The maximum Gasteiger partial charge on any atom is 0.0195 e. The van der Waals surface area contributed by atoms with E-state index in [4.69, 9.17) is 23.2 Å². The molecule has 0 fully saturated rings. The van der Waals surface area contributed by atoms with Crippen molar-refractivity contribution in [3.8, 4) is 0 Å². The predicted molar refractivity (Wildman–Crippen MR) is 98.9 cm³/mol. The Balaban J connectivity index is 0.000000322. The van der Waals surface area contributed by atoms with E-state index in [1.165, 1.54) is 11.1 Å². The molecule has 0 unspecified atom stereocenters. The van der Waals surface area contributed by atoms with Gasteiger partial charge >= 0.3 is 0 Å². The summed E-state index contributed by atoms with van der Waals surface area (Å²) in [4.78, 5) is 0. The van der Waals surface area contributed by atoms with Crippen LogP contribution in [0.25, 0.3) is 12.2 Å². The van der Waals surface area contributed by atoms with Gasteiger partial charge in [-0.15, -0.1) is 11.6 Å². The Bertz CT molecular complexity index is 440. The van der Waals surface area contributed by atoms with Crippen LogP contribution < -0.4 is 0 Å². The highest BCUT2D eigenvalue weighted by Gasteiger charge is 1.78. The molecule has 0 radical (unpaired) electrons. The highest BCUT2D eigenvalue weighted by Crippen LogP contribution is 2.01. The van der Waals surface area contributed by atoms with Crippen LogP contribution in [0.15, 0.2) is 72.3 Å². The van der Waals surface area contributed by atoms with Crippen LogP contribution in [0, 0.1) is 0 Å². The summed E-state index contributed by atoms with van der Waals surface area (Å²) in [5.74, 6) is 0.722. The van der Waals surface area contributed by atoms with Gasteiger partial charge in [0.15, 0.2) is 0 Å². The molecule has 112 valence electrons. The lowest BCUT2D eigenvalue weighted by atomic mass is 10.2. The van der Waals surface area contributed by atoms with E-state index in [2.05, 4.69) is 18.2 Å². The zero-order valence-electron chi connectivity index (χ0n) is 12.5. The molecule has 2 aromatic carbocycles. The molecule has 0 nitrogen and oxygen atoms in total. The number of halogens is 2. The van der Waals surface area contributed by atoms with Crippen LogP contribution in [-0.4, -0.2) is 5.88 Å². The molecular weight excluding hydrogens is 299 g/mol. The topological polar surface area (TPSA) is 0 Å². The molecule has 2 aromatic rings. The first-order chi connectivity index (χ1) is 10.3. The smallest absolute Gasteiger partial charge is 0.0195 e. The van der Waals surface area contributed by atoms with Crippen LogP contribution in [0.5, 0.6) is 0 Å². The molecule has 0 saturated carbocycles. The molecule has 0 heterocycles. The third-order valence-corrected chi connectivity index (χ3v) is 2.34. The summed E-state index contributed by atoms with van der Waals surface area (Å²) in [6.07, 6.45) is 5.97. The van der Waals surface area contributed by atoms with E-state index in [9.17, 15) is 0 Å². The van der Waals surface area contributed by atoms with E-state index in [-0.39, 0.29) is 0 Å². The molecule has 2 rings (SSSR count). The molecule has 0 aliphatic rings. The monoisotopic (exact) mass is 320 g/mol. The maximum atomic E-state index is 5.36. The van der Waals surface area contributed by atoms with Crippen LogP contribution in [-0.2, 0) is 0 Å². The Hall–Kier alpha value is -1.50. The summed E-state index contributed by atoms with van der Waals surface area (Å²) >= 11 is 10.4. The molecule has 2 heteroatoms. The van der Waals surface area contributed by atoms with Crippen molar-refractivity contribution in [1.82, 2.24) is 0 Å². The fourth-order valence-electron chi connectivity index (χ4n) is 1.39. The number of hydrogen-bond acceptors (Lipinski definition) is 0. The molecule has 0 amide bonds. The molecule has 0 aliphatic carbocycles. The Morgan fingerprint density at radius 1 is 0.810 bits per heavy atom. The van der Waals surface area contributed by atoms with Crippen molar-refractivity contribution >= 4 is 35.4 Å². The summed E-state index contributed by atoms with van der Waals surface area (Å²) in [6, 6.07) is 20.2. The van der Waals surface area contributed by atoms with Gasteiger partial charge in [0.2, 0.25) is 0 Å². The minimum atomic E-state index is 0.722. The van der Waals surface area contributed by atoms with E-state index >= 15 is 0 Å². The first-order valence-corrected chi connectivity index (χ1v) is 7.81. The zero-order chi connectivity index (χ0) is 15.8. The molecular formula is C19H22Cl2. The quantitative estimate of drug-likeness (QED) is 0.530. The number of benzene rings is 2. The zero-order valence-corrected chi connectivity index (χ0v) is 14.1. The van der Waals surface area contributed by atoms with Gasteiger partial charge in [0, 0.05) is 11.4 Å². The van der Waals surface area contributed by atoms with Gasteiger partial charge in [0.1, 0.15) is 0 Å². The number of alkyl halides is 1. The Labute approximate surface area is 138 Å². The minimum Gasteiger partial charge on any atom is -0.127 e. The van der Waals surface area contributed by atoms with E-state index in [0.717, 1.165) is 11.4 Å². The van der Waals surface area contributed by atoms with Crippen LogP contribution in [0.4, 0.5) is 0 Å². The van der Waals surface area contributed by atoms with Crippen molar-refractivity contribution in [1.29, 1.82) is 0 Å². The Kier molecular flexibility index (Phi) is 13.8. The van der Waals surface area contributed by atoms with Crippen molar-refractivity contribution in [3.63, 3.8) is 0 Å². The standard InChI is InChI=1S/C9H10.C8H7Cl.C2H5Cl/c1-2-6-9-7-4-3-5-8-9;9-7-6-8-4-2-1-3-5-8;1-2-3/h2-8H,1H3;1-7H;2H2,1H3. The molecule has 0 N–H and O–H groups in total. The SMILES string of the molecule is CC=Cc1ccccc1.CCCl.ClC=Cc1ccccc1. The second-order valence-corrected chi connectivity index (χ2v) is 4.67. The van der Waals surface area contributed by atoms with Gasteiger partial charge in [-0.05, 0) is 24.1 Å². The van der Waals surface area contributed by atoms with Gasteiger partial charge < -0.3 is 0 Å². The molecule has 0 aliphatic heterocycles. The van der Waals surface area contributed by atoms with Crippen molar-refractivity contribution in [2.24, 2.45) is 0 Å². The molecule has 0 bridgehead atoms. The van der Waals surface area contributed by atoms with Crippen molar-refractivity contribution in [2.45, 2.75) is 13.8 Å². The second-order valence-electron chi connectivity index (χ2n) is 3.88.